The number of nitrogens with zero attached hydrogens (tertiary/aromatic N) is 1. The Kier molecular flexibility index (Phi) is 9.63. The van der Waals surface area contributed by atoms with E-state index in [1.165, 1.54) is 120 Å². The first kappa shape index (κ1) is 41.4. The fourth-order valence-corrected chi connectivity index (χ4v) is 11.6. The van der Waals surface area contributed by atoms with E-state index >= 15 is 0 Å². The van der Waals surface area contributed by atoms with Crippen LogP contribution in [0.4, 0.5) is 28.4 Å². The summed E-state index contributed by atoms with van der Waals surface area (Å²) in [5, 5.41) is 6.48. The molecule has 0 saturated heterocycles. The summed E-state index contributed by atoms with van der Waals surface area (Å²) in [5.41, 5.74) is 22.5. The van der Waals surface area contributed by atoms with E-state index in [1.54, 1.807) is 0 Å². The zero-order valence-electron chi connectivity index (χ0n) is 39.6. The van der Waals surface area contributed by atoms with Crippen LogP contribution in [0.25, 0.3) is 44.2 Å². The maximum Gasteiger partial charge on any atom is 0.198 e. The van der Waals surface area contributed by atoms with Gasteiger partial charge in [0, 0.05) is 34.0 Å². The maximum absolute atomic E-state index is 3.96. The van der Waals surface area contributed by atoms with Gasteiger partial charge < -0.3 is 10.2 Å². The molecule has 2 nitrogen and oxygen atoms in total. The molecule has 0 radical (unpaired) electrons. The maximum atomic E-state index is 3.96. The van der Waals surface area contributed by atoms with Crippen molar-refractivity contribution in [3.05, 3.63) is 186 Å². The van der Waals surface area contributed by atoms with Crippen LogP contribution >= 0.6 is 0 Å². The largest absolute Gasteiger partial charge is 0.355 e. The van der Waals surface area contributed by atoms with E-state index in [-0.39, 0.29) is 21.7 Å². The molecule has 0 amide bonds. The number of nitrogens with one attached hydrogen (secondary N) is 1. The normalized spacial score (nSPS) is 17.3. The third-order valence-corrected chi connectivity index (χ3v) is 15.8. The van der Waals surface area contributed by atoms with Crippen molar-refractivity contribution < 1.29 is 0 Å². The summed E-state index contributed by atoms with van der Waals surface area (Å²) >= 11 is 0. The third-order valence-electron chi connectivity index (χ3n) is 15.8. The number of fused-ring (bicyclic) bond motifs is 5. The van der Waals surface area contributed by atoms with Crippen molar-refractivity contribution >= 4 is 57.4 Å². The first-order valence-electron chi connectivity index (χ1n) is 24.0. The van der Waals surface area contributed by atoms with Crippen LogP contribution in [0.5, 0.6) is 0 Å². The number of hydrogen-bond acceptors (Lipinski definition) is 2. The highest BCUT2D eigenvalue weighted by Gasteiger charge is 2.41. The minimum Gasteiger partial charge on any atom is -0.355 e. The van der Waals surface area contributed by atoms with E-state index in [0.717, 1.165) is 18.7 Å². The van der Waals surface area contributed by atoms with E-state index < -0.39 is 0 Å². The van der Waals surface area contributed by atoms with Crippen molar-refractivity contribution in [2.75, 3.05) is 10.2 Å². The summed E-state index contributed by atoms with van der Waals surface area (Å²) in [6.45, 7) is 19.7. The Labute approximate surface area is 388 Å². The van der Waals surface area contributed by atoms with Gasteiger partial charge in [0.2, 0.25) is 0 Å². The molecular weight excluding hydrogens is 784 g/mol. The molecule has 322 valence electrons. The summed E-state index contributed by atoms with van der Waals surface area (Å²) in [6.07, 6.45) is 4.74. The summed E-state index contributed by atoms with van der Waals surface area (Å²) in [6, 6.07) is 61.8. The molecule has 1 aliphatic heterocycles. The zero-order chi connectivity index (χ0) is 44.9. The Balaban J connectivity index is 1.18. The SMILES string of the molecule is CC1(C)CCC(C)(C)c2cc(N3c4cc5c(cc4Bc4c3cc3ccccc3c4-c3cc(-c4ccccc4)ccc3Nc3ccc(-c4ccccc4)cc3)C(C)(C)CCC5(C)C)ccc21. The molecule has 65 heavy (non-hydrogen) atoms. The van der Waals surface area contributed by atoms with Crippen molar-refractivity contribution in [3.63, 3.8) is 0 Å². The van der Waals surface area contributed by atoms with Crippen molar-refractivity contribution in [1.82, 2.24) is 0 Å². The van der Waals surface area contributed by atoms with Gasteiger partial charge >= 0.3 is 0 Å². The van der Waals surface area contributed by atoms with E-state index in [1.807, 2.05) is 0 Å². The van der Waals surface area contributed by atoms with Gasteiger partial charge in [0.05, 0.1) is 0 Å². The number of rotatable bonds is 6. The second kappa shape index (κ2) is 15.1. The lowest BCUT2D eigenvalue weighted by Crippen LogP contribution is -2.44. The molecule has 3 aliphatic rings. The van der Waals surface area contributed by atoms with Crippen LogP contribution in [0.1, 0.15) is 103 Å². The molecule has 8 aromatic rings. The number of benzene rings is 8. The van der Waals surface area contributed by atoms with E-state index in [9.17, 15) is 0 Å². The van der Waals surface area contributed by atoms with Gasteiger partial charge in [-0.2, -0.15) is 0 Å². The summed E-state index contributed by atoms with van der Waals surface area (Å²) in [7, 11) is 0.843. The van der Waals surface area contributed by atoms with Gasteiger partial charge in [-0.25, -0.2) is 0 Å². The molecule has 0 fully saturated rings. The summed E-state index contributed by atoms with van der Waals surface area (Å²) < 4.78 is 0. The van der Waals surface area contributed by atoms with Crippen molar-refractivity contribution in [3.8, 4) is 33.4 Å². The Bertz CT molecular complexity index is 3140. The molecule has 0 aromatic heterocycles. The molecule has 11 rings (SSSR count). The third kappa shape index (κ3) is 7.10. The van der Waals surface area contributed by atoms with Gasteiger partial charge in [0.1, 0.15) is 0 Å². The fourth-order valence-electron chi connectivity index (χ4n) is 11.6. The molecule has 2 aliphatic carbocycles. The van der Waals surface area contributed by atoms with Crippen LogP contribution in [0.3, 0.4) is 0 Å². The van der Waals surface area contributed by atoms with Gasteiger partial charge in [-0.3, -0.25) is 0 Å². The Morgan fingerprint density at radius 1 is 0.446 bits per heavy atom. The standard InChI is InChI=1S/C62H61BN2/c1-59(2)31-32-60(3,4)50-37-46(28-29-49(50)59)65-55-39-52-51(61(5,6)33-34-62(52,7)8)38-53(55)63-58-56(65)36-44-21-15-16-22-47(44)57(58)48-35-43(41-19-13-10-14-20-41)25-30-54(48)64-45-26-23-42(24-27-45)40-17-11-9-12-18-40/h9-30,35-39,63-64H,31-34H2,1-8H3. The first-order valence-corrected chi connectivity index (χ1v) is 24.0. The highest BCUT2D eigenvalue weighted by atomic mass is 15.2. The monoisotopic (exact) mass is 844 g/mol. The van der Waals surface area contributed by atoms with Crippen LogP contribution < -0.4 is 21.1 Å². The van der Waals surface area contributed by atoms with Crippen LogP contribution in [0.15, 0.2) is 164 Å². The highest BCUT2D eigenvalue weighted by Crippen LogP contribution is 2.52. The van der Waals surface area contributed by atoms with Gasteiger partial charge in [-0.15, -0.1) is 0 Å². The predicted molar refractivity (Wildman–Crippen MR) is 282 cm³/mol. The lowest BCUT2D eigenvalue weighted by Gasteiger charge is -2.45. The van der Waals surface area contributed by atoms with Gasteiger partial charge in [0.15, 0.2) is 7.28 Å². The summed E-state index contributed by atoms with van der Waals surface area (Å²) in [5.74, 6) is 0. The van der Waals surface area contributed by atoms with E-state index in [4.69, 9.17) is 0 Å². The molecule has 8 aromatic carbocycles. The zero-order valence-corrected chi connectivity index (χ0v) is 39.6. The molecule has 0 saturated carbocycles. The topological polar surface area (TPSA) is 15.3 Å². The molecule has 0 unspecified atom stereocenters. The molecule has 1 N–H and O–H groups in total. The number of anilines is 5. The lowest BCUT2D eigenvalue weighted by atomic mass is 9.54. The lowest BCUT2D eigenvalue weighted by molar-refractivity contribution is 0.332. The second-order valence-electron chi connectivity index (χ2n) is 22.0. The highest BCUT2D eigenvalue weighted by molar-refractivity contribution is 6.73. The van der Waals surface area contributed by atoms with Gasteiger partial charge in [0.25, 0.3) is 0 Å². The average molecular weight is 845 g/mol. The molecule has 3 heteroatoms. The smallest absolute Gasteiger partial charge is 0.198 e. The Morgan fingerprint density at radius 3 is 1.65 bits per heavy atom. The first-order chi connectivity index (χ1) is 31.2. The minimum absolute atomic E-state index is 0.0798. The molecular formula is C62H61BN2. The number of hydrogen-bond donors (Lipinski definition) is 1. The van der Waals surface area contributed by atoms with Crippen LogP contribution in [0, 0.1) is 0 Å². The van der Waals surface area contributed by atoms with Gasteiger partial charge in [-0.1, -0.05) is 176 Å². The molecule has 0 bridgehead atoms. The van der Waals surface area contributed by atoms with Crippen molar-refractivity contribution in [1.29, 1.82) is 0 Å². The quantitative estimate of drug-likeness (QED) is 0.168. The summed E-state index contributed by atoms with van der Waals surface area (Å²) in [4.78, 5) is 2.66. The molecule has 0 atom stereocenters. The molecule has 0 spiro atoms. The van der Waals surface area contributed by atoms with E-state index in [0.29, 0.717) is 0 Å². The predicted octanol–water partition coefficient (Wildman–Crippen LogP) is 15.5. The van der Waals surface area contributed by atoms with Crippen LogP contribution in [0.2, 0.25) is 0 Å². The van der Waals surface area contributed by atoms with Crippen molar-refractivity contribution in [2.24, 2.45) is 0 Å². The minimum atomic E-state index is 0.0798. The Hall–Kier alpha value is -6.32. The Morgan fingerprint density at radius 2 is 0.985 bits per heavy atom. The van der Waals surface area contributed by atoms with E-state index in [2.05, 4.69) is 229 Å². The van der Waals surface area contributed by atoms with Gasteiger partial charge in [-0.05, 0) is 162 Å². The molecule has 1 heterocycles. The van der Waals surface area contributed by atoms with Crippen molar-refractivity contribution in [2.45, 2.75) is 103 Å². The second-order valence-corrected chi connectivity index (χ2v) is 22.0. The van der Waals surface area contributed by atoms with Crippen LogP contribution in [-0.4, -0.2) is 7.28 Å². The fraction of sp³-hybridized carbons (Fsp3) is 0.258. The average Bonchev–Trinajstić information content (AvgIpc) is 3.31. The van der Waals surface area contributed by atoms with Crippen LogP contribution in [-0.2, 0) is 21.7 Å².